The van der Waals surface area contributed by atoms with E-state index >= 15 is 0 Å². The van der Waals surface area contributed by atoms with Crippen molar-refractivity contribution in [3.05, 3.63) is 35.4 Å². The van der Waals surface area contributed by atoms with Crippen LogP contribution in [0.2, 0.25) is 0 Å². The van der Waals surface area contributed by atoms with Crippen LogP contribution in [0.3, 0.4) is 0 Å². The fraction of sp³-hybridized carbons (Fsp3) is 0.375. The summed E-state index contributed by atoms with van der Waals surface area (Å²) in [6.07, 6.45) is 0. The predicted molar refractivity (Wildman–Crippen MR) is 76.4 cm³/mol. The van der Waals surface area contributed by atoms with Gasteiger partial charge in [0.15, 0.2) is 5.92 Å². The molecule has 0 saturated carbocycles. The number of esters is 2. The molecule has 1 aromatic rings. The van der Waals surface area contributed by atoms with E-state index in [1.165, 1.54) is 0 Å². The van der Waals surface area contributed by atoms with Crippen LogP contribution in [0, 0.1) is 11.8 Å². The number of benzene rings is 1. The van der Waals surface area contributed by atoms with Gasteiger partial charge in [-0.05, 0) is 19.1 Å². The van der Waals surface area contributed by atoms with E-state index in [-0.39, 0.29) is 19.8 Å². The summed E-state index contributed by atoms with van der Waals surface area (Å²) in [5.74, 6) is -3.90. The summed E-state index contributed by atoms with van der Waals surface area (Å²) >= 11 is 0. The molecule has 1 fully saturated rings. The molecule has 1 unspecified atom stereocenters. The first-order valence-electron chi connectivity index (χ1n) is 7.33. The Morgan fingerprint density at radius 2 is 1.83 bits per heavy atom. The fourth-order valence-electron chi connectivity index (χ4n) is 2.89. The highest BCUT2D eigenvalue weighted by molar-refractivity contribution is 6.21. The van der Waals surface area contributed by atoms with Gasteiger partial charge in [-0.1, -0.05) is 12.1 Å². The number of ether oxygens (including phenoxy) is 2. The molecule has 0 aromatic heterocycles. The van der Waals surface area contributed by atoms with Crippen LogP contribution in [-0.4, -0.2) is 48.4 Å². The molecule has 2 atom stereocenters. The number of nitrogens with zero attached hydrogens (tertiary/aromatic N) is 1. The van der Waals surface area contributed by atoms with Crippen LogP contribution in [-0.2, 0) is 19.1 Å². The maximum atomic E-state index is 12.3. The van der Waals surface area contributed by atoms with Gasteiger partial charge in [0.2, 0.25) is 0 Å². The summed E-state index contributed by atoms with van der Waals surface area (Å²) < 4.78 is 9.79. The number of carbonyl (C=O) groups excluding carboxylic acids is 4. The number of hydrogen-bond donors (Lipinski definition) is 0. The van der Waals surface area contributed by atoms with Gasteiger partial charge in [0.25, 0.3) is 11.8 Å². The summed E-state index contributed by atoms with van der Waals surface area (Å²) in [5, 5.41) is 0. The highest BCUT2D eigenvalue weighted by Crippen LogP contribution is 2.29. The number of cyclic esters (lactones) is 1. The number of amides is 2. The normalized spacial score (nSPS) is 23.0. The molecule has 23 heavy (non-hydrogen) atoms. The zero-order valence-corrected chi connectivity index (χ0v) is 12.5. The lowest BCUT2D eigenvalue weighted by Gasteiger charge is -2.20. The Balaban J connectivity index is 1.80. The molecule has 2 aliphatic heterocycles. The summed E-state index contributed by atoms with van der Waals surface area (Å²) in [6, 6.07) is 6.51. The molecular weight excluding hydrogens is 302 g/mol. The second-order valence-corrected chi connectivity index (χ2v) is 5.39. The molecule has 120 valence electrons. The Morgan fingerprint density at radius 1 is 1.22 bits per heavy atom. The minimum atomic E-state index is -1.10. The van der Waals surface area contributed by atoms with Crippen molar-refractivity contribution in [2.75, 3.05) is 19.8 Å². The van der Waals surface area contributed by atoms with Crippen molar-refractivity contribution in [1.29, 1.82) is 0 Å². The monoisotopic (exact) mass is 317 g/mol. The highest BCUT2D eigenvalue weighted by Gasteiger charge is 2.47. The van der Waals surface area contributed by atoms with E-state index in [0.29, 0.717) is 11.1 Å². The molecule has 7 nitrogen and oxygen atoms in total. The van der Waals surface area contributed by atoms with Crippen molar-refractivity contribution in [1.82, 2.24) is 4.90 Å². The molecule has 1 aromatic carbocycles. The standard InChI is InChI=1S/C16H15NO6/c1-2-22-15(20)12-9(8-23-16(12)21)7-17-13(18)10-5-3-4-6-11(10)14(17)19/h3-6,9,12H,2,7-8H2,1H3/t9-,12?/m0/s1. The lowest BCUT2D eigenvalue weighted by atomic mass is 9.95. The molecule has 2 aliphatic rings. The third kappa shape index (κ3) is 2.48. The van der Waals surface area contributed by atoms with Crippen molar-refractivity contribution in [3.8, 4) is 0 Å². The third-order valence-electron chi connectivity index (χ3n) is 4.00. The number of carbonyl (C=O) groups is 4. The van der Waals surface area contributed by atoms with Gasteiger partial charge in [-0.15, -0.1) is 0 Å². The van der Waals surface area contributed by atoms with E-state index < -0.39 is 35.6 Å². The molecule has 7 heteroatoms. The van der Waals surface area contributed by atoms with Crippen LogP contribution >= 0.6 is 0 Å². The van der Waals surface area contributed by atoms with Gasteiger partial charge in [0.1, 0.15) is 0 Å². The second-order valence-electron chi connectivity index (χ2n) is 5.39. The zero-order valence-electron chi connectivity index (χ0n) is 12.5. The molecule has 0 N–H and O–H groups in total. The van der Waals surface area contributed by atoms with E-state index in [9.17, 15) is 19.2 Å². The topological polar surface area (TPSA) is 90.0 Å². The summed E-state index contributed by atoms with van der Waals surface area (Å²) in [4.78, 5) is 49.4. The lowest BCUT2D eigenvalue weighted by molar-refractivity contribution is -0.156. The highest BCUT2D eigenvalue weighted by atomic mass is 16.6. The van der Waals surface area contributed by atoms with Crippen molar-refractivity contribution in [2.24, 2.45) is 11.8 Å². The van der Waals surface area contributed by atoms with Crippen LogP contribution in [0.1, 0.15) is 27.6 Å². The largest absolute Gasteiger partial charge is 0.465 e. The lowest BCUT2D eigenvalue weighted by Crippen LogP contribution is -2.39. The molecular formula is C16H15NO6. The average Bonchev–Trinajstić information content (AvgIpc) is 3.02. The number of hydrogen-bond acceptors (Lipinski definition) is 6. The van der Waals surface area contributed by atoms with Gasteiger partial charge in [-0.3, -0.25) is 24.1 Å². The molecule has 2 amide bonds. The first kappa shape index (κ1) is 15.2. The first-order chi connectivity index (χ1) is 11.0. The van der Waals surface area contributed by atoms with Crippen molar-refractivity contribution < 1.29 is 28.7 Å². The molecule has 0 aliphatic carbocycles. The smallest absolute Gasteiger partial charge is 0.320 e. The van der Waals surface area contributed by atoms with Crippen LogP contribution in [0.15, 0.2) is 24.3 Å². The van der Waals surface area contributed by atoms with Gasteiger partial charge < -0.3 is 9.47 Å². The molecule has 0 spiro atoms. The molecule has 0 radical (unpaired) electrons. The maximum Gasteiger partial charge on any atom is 0.320 e. The van der Waals surface area contributed by atoms with E-state index in [2.05, 4.69) is 0 Å². The van der Waals surface area contributed by atoms with E-state index in [0.717, 1.165) is 4.90 Å². The Morgan fingerprint density at radius 3 is 2.39 bits per heavy atom. The summed E-state index contributed by atoms with van der Waals surface area (Å²) in [5.41, 5.74) is 0.658. The second kappa shape index (κ2) is 5.83. The van der Waals surface area contributed by atoms with Crippen molar-refractivity contribution in [3.63, 3.8) is 0 Å². The fourth-order valence-corrected chi connectivity index (χ4v) is 2.89. The van der Waals surface area contributed by atoms with Crippen molar-refractivity contribution in [2.45, 2.75) is 6.92 Å². The van der Waals surface area contributed by atoms with Gasteiger partial charge in [-0.25, -0.2) is 0 Å². The number of fused-ring (bicyclic) bond motifs is 1. The van der Waals surface area contributed by atoms with Crippen LogP contribution in [0.25, 0.3) is 0 Å². The summed E-state index contributed by atoms with van der Waals surface area (Å²) in [6.45, 7) is 1.71. The number of imide groups is 1. The van der Waals surface area contributed by atoms with Crippen molar-refractivity contribution >= 4 is 23.8 Å². The predicted octanol–water partition coefficient (Wildman–Crippen LogP) is 0.635. The quantitative estimate of drug-likeness (QED) is 0.460. The Labute approximate surface area is 132 Å². The SMILES string of the molecule is CCOC(=O)C1C(=O)OC[C@@H]1CN1C(=O)c2ccccc2C1=O. The maximum absolute atomic E-state index is 12.3. The zero-order chi connectivity index (χ0) is 16.6. The van der Waals surface area contributed by atoms with Crippen LogP contribution < -0.4 is 0 Å². The molecule has 0 bridgehead atoms. The number of rotatable bonds is 4. The van der Waals surface area contributed by atoms with E-state index in [1.54, 1.807) is 31.2 Å². The Bertz CT molecular complexity index is 663. The van der Waals surface area contributed by atoms with Gasteiger partial charge in [0, 0.05) is 12.5 Å². The Hall–Kier alpha value is -2.70. The van der Waals surface area contributed by atoms with Gasteiger partial charge >= 0.3 is 11.9 Å². The van der Waals surface area contributed by atoms with E-state index in [4.69, 9.17) is 9.47 Å². The molecule has 1 saturated heterocycles. The van der Waals surface area contributed by atoms with Gasteiger partial charge in [0.05, 0.1) is 24.3 Å². The average molecular weight is 317 g/mol. The molecule has 3 rings (SSSR count). The van der Waals surface area contributed by atoms with Crippen LogP contribution in [0.4, 0.5) is 0 Å². The van der Waals surface area contributed by atoms with Gasteiger partial charge in [-0.2, -0.15) is 0 Å². The van der Waals surface area contributed by atoms with Crippen LogP contribution in [0.5, 0.6) is 0 Å². The van der Waals surface area contributed by atoms with E-state index in [1.807, 2.05) is 0 Å². The first-order valence-corrected chi connectivity index (χ1v) is 7.33. The third-order valence-corrected chi connectivity index (χ3v) is 4.00. The Kier molecular flexibility index (Phi) is 3.85. The molecule has 2 heterocycles. The summed E-state index contributed by atoms with van der Waals surface area (Å²) in [7, 11) is 0. The minimum absolute atomic E-state index is 0.0181. The minimum Gasteiger partial charge on any atom is -0.465 e.